The van der Waals surface area contributed by atoms with Crippen molar-refractivity contribution in [3.05, 3.63) is 76.3 Å². The van der Waals surface area contributed by atoms with Crippen molar-refractivity contribution >= 4 is 16.7 Å². The molecule has 0 amide bonds. The molecule has 0 aliphatic rings. The SMILES string of the molecule is N#C[C@@H](C(=O)CCCNCCc1ccccc1)c1nc2ccccc2c(=O)[nH]1. The van der Waals surface area contributed by atoms with Gasteiger partial charge in [-0.05, 0) is 43.6 Å². The number of ketones is 1. The number of nitrogens with one attached hydrogen (secondary N) is 2. The lowest BCUT2D eigenvalue weighted by atomic mass is 10.0. The zero-order valence-corrected chi connectivity index (χ0v) is 15.5. The number of carbonyl (C=O) groups excluding carboxylic acids is 1. The summed E-state index contributed by atoms with van der Waals surface area (Å²) >= 11 is 0. The van der Waals surface area contributed by atoms with E-state index in [-0.39, 0.29) is 23.6 Å². The Hall–Kier alpha value is -3.30. The largest absolute Gasteiger partial charge is 0.316 e. The van der Waals surface area contributed by atoms with Crippen LogP contribution in [0.1, 0.15) is 30.1 Å². The first-order valence-corrected chi connectivity index (χ1v) is 9.35. The predicted octanol–water partition coefficient (Wildman–Crippen LogP) is 2.71. The van der Waals surface area contributed by atoms with E-state index < -0.39 is 5.92 Å². The number of para-hydroxylation sites is 1. The Morgan fingerprint density at radius 3 is 2.64 bits per heavy atom. The average molecular weight is 374 g/mol. The number of nitriles is 1. The van der Waals surface area contributed by atoms with E-state index in [1.54, 1.807) is 24.3 Å². The Labute approximate surface area is 163 Å². The third-order valence-corrected chi connectivity index (χ3v) is 4.57. The van der Waals surface area contributed by atoms with E-state index in [9.17, 15) is 14.9 Å². The van der Waals surface area contributed by atoms with E-state index in [1.165, 1.54) is 5.56 Å². The zero-order chi connectivity index (χ0) is 19.8. The maximum atomic E-state index is 12.5. The van der Waals surface area contributed by atoms with Crippen LogP contribution in [-0.2, 0) is 11.2 Å². The Morgan fingerprint density at radius 1 is 1.11 bits per heavy atom. The monoisotopic (exact) mass is 374 g/mol. The normalized spacial score (nSPS) is 11.8. The van der Waals surface area contributed by atoms with Crippen LogP contribution >= 0.6 is 0 Å². The number of rotatable bonds is 9. The molecule has 0 spiro atoms. The Morgan fingerprint density at radius 2 is 1.86 bits per heavy atom. The number of H-pyrrole nitrogens is 1. The molecule has 0 aliphatic carbocycles. The second-order valence-corrected chi connectivity index (χ2v) is 6.59. The third-order valence-electron chi connectivity index (χ3n) is 4.57. The van der Waals surface area contributed by atoms with Gasteiger partial charge in [0, 0.05) is 6.42 Å². The molecule has 142 valence electrons. The molecule has 0 saturated heterocycles. The molecule has 1 atom stereocenters. The molecule has 0 bridgehead atoms. The van der Waals surface area contributed by atoms with E-state index >= 15 is 0 Å². The van der Waals surface area contributed by atoms with Crippen molar-refractivity contribution in [1.29, 1.82) is 5.26 Å². The fourth-order valence-corrected chi connectivity index (χ4v) is 3.06. The summed E-state index contributed by atoms with van der Waals surface area (Å²) < 4.78 is 0. The molecule has 28 heavy (non-hydrogen) atoms. The molecule has 0 aliphatic heterocycles. The summed E-state index contributed by atoms with van der Waals surface area (Å²) in [5, 5.41) is 13.2. The lowest BCUT2D eigenvalue weighted by molar-refractivity contribution is -0.119. The van der Waals surface area contributed by atoms with Crippen molar-refractivity contribution in [2.24, 2.45) is 0 Å². The Kier molecular flexibility index (Phi) is 6.66. The van der Waals surface area contributed by atoms with Crippen LogP contribution in [0.4, 0.5) is 0 Å². The maximum Gasteiger partial charge on any atom is 0.258 e. The second-order valence-electron chi connectivity index (χ2n) is 6.59. The van der Waals surface area contributed by atoms with Crippen LogP contribution in [0.25, 0.3) is 10.9 Å². The Bertz CT molecular complexity index is 1040. The van der Waals surface area contributed by atoms with Crippen LogP contribution in [0, 0.1) is 11.3 Å². The van der Waals surface area contributed by atoms with E-state index in [0.717, 1.165) is 13.0 Å². The van der Waals surface area contributed by atoms with E-state index in [1.807, 2.05) is 24.3 Å². The number of hydrogen-bond acceptors (Lipinski definition) is 5. The fraction of sp³-hybridized carbons (Fsp3) is 0.273. The molecule has 0 saturated carbocycles. The Balaban J connectivity index is 1.51. The highest BCUT2D eigenvalue weighted by atomic mass is 16.1. The van der Waals surface area contributed by atoms with Crippen LogP contribution in [-0.4, -0.2) is 28.8 Å². The minimum atomic E-state index is -1.05. The fourth-order valence-electron chi connectivity index (χ4n) is 3.06. The van der Waals surface area contributed by atoms with Gasteiger partial charge in [-0.15, -0.1) is 0 Å². The number of Topliss-reactive ketones (excluding diaryl/α,β-unsaturated/α-hetero) is 1. The minimum Gasteiger partial charge on any atom is -0.316 e. The highest BCUT2D eigenvalue weighted by molar-refractivity contribution is 5.88. The van der Waals surface area contributed by atoms with Crippen molar-refractivity contribution < 1.29 is 4.79 Å². The molecule has 6 nitrogen and oxygen atoms in total. The first kappa shape index (κ1) is 19.5. The summed E-state index contributed by atoms with van der Waals surface area (Å²) in [5.74, 6) is -1.17. The smallest absolute Gasteiger partial charge is 0.258 e. The highest BCUT2D eigenvalue weighted by Gasteiger charge is 2.22. The van der Waals surface area contributed by atoms with Crippen LogP contribution < -0.4 is 10.9 Å². The summed E-state index contributed by atoms with van der Waals surface area (Å²) in [5.41, 5.74) is 1.41. The van der Waals surface area contributed by atoms with Crippen LogP contribution in [0.2, 0.25) is 0 Å². The first-order valence-electron chi connectivity index (χ1n) is 9.35. The van der Waals surface area contributed by atoms with Gasteiger partial charge in [0.15, 0.2) is 11.7 Å². The second kappa shape index (κ2) is 9.58. The quantitative estimate of drug-likeness (QED) is 0.561. The summed E-state index contributed by atoms with van der Waals surface area (Å²) in [7, 11) is 0. The van der Waals surface area contributed by atoms with Gasteiger partial charge >= 0.3 is 0 Å². The van der Waals surface area contributed by atoms with Crippen molar-refractivity contribution in [3.63, 3.8) is 0 Å². The van der Waals surface area contributed by atoms with Crippen LogP contribution in [0.3, 0.4) is 0 Å². The van der Waals surface area contributed by atoms with Gasteiger partial charge in [0.25, 0.3) is 5.56 Å². The lowest BCUT2D eigenvalue weighted by Gasteiger charge is -2.09. The molecule has 1 heterocycles. The van der Waals surface area contributed by atoms with Gasteiger partial charge in [0.05, 0.1) is 17.0 Å². The molecular weight excluding hydrogens is 352 g/mol. The van der Waals surface area contributed by atoms with Gasteiger partial charge in [0.1, 0.15) is 5.82 Å². The number of aromatic amines is 1. The van der Waals surface area contributed by atoms with E-state index in [2.05, 4.69) is 27.4 Å². The predicted molar refractivity (Wildman–Crippen MR) is 108 cm³/mol. The molecule has 3 rings (SSSR count). The van der Waals surface area contributed by atoms with E-state index in [0.29, 0.717) is 23.9 Å². The minimum absolute atomic E-state index is 0.119. The van der Waals surface area contributed by atoms with Crippen molar-refractivity contribution in [2.75, 3.05) is 13.1 Å². The number of nitrogens with zero attached hydrogens (tertiary/aromatic N) is 2. The summed E-state index contributed by atoms with van der Waals surface area (Å²) in [6.07, 6.45) is 1.81. The van der Waals surface area contributed by atoms with Crippen LogP contribution in [0.5, 0.6) is 0 Å². The third kappa shape index (κ3) is 4.90. The molecule has 1 aromatic heterocycles. The van der Waals surface area contributed by atoms with Gasteiger partial charge in [-0.2, -0.15) is 5.26 Å². The van der Waals surface area contributed by atoms with Gasteiger partial charge in [-0.1, -0.05) is 42.5 Å². The number of carbonyl (C=O) groups is 1. The van der Waals surface area contributed by atoms with Crippen molar-refractivity contribution in [3.8, 4) is 6.07 Å². The topological polar surface area (TPSA) is 98.6 Å². The molecule has 2 aromatic carbocycles. The van der Waals surface area contributed by atoms with E-state index in [4.69, 9.17) is 0 Å². The number of aromatic nitrogens is 2. The molecule has 6 heteroatoms. The van der Waals surface area contributed by atoms with Crippen molar-refractivity contribution in [2.45, 2.75) is 25.2 Å². The molecule has 2 N–H and O–H groups in total. The number of benzene rings is 2. The van der Waals surface area contributed by atoms with Crippen molar-refractivity contribution in [1.82, 2.24) is 15.3 Å². The van der Waals surface area contributed by atoms with Crippen LogP contribution in [0.15, 0.2) is 59.4 Å². The van der Waals surface area contributed by atoms with Gasteiger partial charge < -0.3 is 10.3 Å². The zero-order valence-electron chi connectivity index (χ0n) is 15.5. The molecular formula is C22H22N4O2. The maximum absolute atomic E-state index is 12.5. The number of hydrogen-bond donors (Lipinski definition) is 2. The summed E-state index contributed by atoms with van der Waals surface area (Å²) in [4.78, 5) is 31.5. The summed E-state index contributed by atoms with van der Waals surface area (Å²) in [6.45, 7) is 1.53. The van der Waals surface area contributed by atoms with Gasteiger partial charge in [0.2, 0.25) is 0 Å². The highest BCUT2D eigenvalue weighted by Crippen LogP contribution is 2.16. The lowest BCUT2D eigenvalue weighted by Crippen LogP contribution is -2.22. The molecule has 0 radical (unpaired) electrons. The molecule has 0 fully saturated rings. The van der Waals surface area contributed by atoms with Gasteiger partial charge in [-0.3, -0.25) is 9.59 Å². The standard InChI is InChI=1S/C22H22N4O2/c23-15-18(21-25-19-10-5-4-9-17(19)22(28)26-21)20(27)11-6-13-24-14-12-16-7-2-1-3-8-16/h1-5,7-10,18,24H,6,11-14H2,(H,25,26,28)/t18-/m0/s1. The first-order chi connectivity index (χ1) is 13.7. The molecule has 3 aromatic rings. The summed E-state index contributed by atoms with van der Waals surface area (Å²) in [6, 6.07) is 19.0. The van der Waals surface area contributed by atoms with Gasteiger partial charge in [-0.25, -0.2) is 4.98 Å². The molecule has 0 unspecified atom stereocenters. The average Bonchev–Trinajstić information content (AvgIpc) is 2.72. The number of fused-ring (bicyclic) bond motifs is 1.